The third-order valence-electron chi connectivity index (χ3n) is 5.02. The smallest absolute Gasteiger partial charge is 0.309 e. The maximum absolute atomic E-state index is 11.5. The number of carbonyl (C=O) groups is 1. The van der Waals surface area contributed by atoms with Crippen molar-refractivity contribution in [3.63, 3.8) is 0 Å². The predicted molar refractivity (Wildman–Crippen MR) is 82.6 cm³/mol. The zero-order chi connectivity index (χ0) is 15.5. The van der Waals surface area contributed by atoms with E-state index in [1.54, 1.807) is 7.11 Å². The summed E-state index contributed by atoms with van der Waals surface area (Å²) in [7, 11) is 1.69. The summed E-state index contributed by atoms with van der Waals surface area (Å²) in [4.78, 5) is 13.9. The normalized spacial score (nSPS) is 20.0. The van der Waals surface area contributed by atoms with Crippen molar-refractivity contribution in [2.45, 2.75) is 39.2 Å². The lowest BCUT2D eigenvalue weighted by molar-refractivity contribution is -0.152. The molecule has 4 heteroatoms. The fourth-order valence-electron chi connectivity index (χ4n) is 3.27. The van der Waals surface area contributed by atoms with E-state index in [4.69, 9.17) is 4.74 Å². The molecule has 1 N–H and O–H groups in total. The lowest BCUT2D eigenvalue weighted by Crippen LogP contribution is -2.44. The number of rotatable bonds is 5. The quantitative estimate of drug-likeness (QED) is 0.904. The molecule has 0 spiro atoms. The predicted octanol–water partition coefficient (Wildman–Crippen LogP) is 3.33. The number of carboxylic acids is 1. The molecule has 0 bridgehead atoms. The monoisotopic (exact) mass is 291 g/mol. The summed E-state index contributed by atoms with van der Waals surface area (Å²) in [5.41, 5.74) is 0.635. The molecule has 116 valence electrons. The fraction of sp³-hybridized carbons (Fsp3) is 0.588. The Bertz CT molecular complexity index is 493. The molecule has 0 aromatic heterocycles. The van der Waals surface area contributed by atoms with E-state index in [-0.39, 0.29) is 6.04 Å². The number of nitrogens with zero attached hydrogens (tertiary/aromatic N) is 1. The number of hydrogen-bond acceptors (Lipinski definition) is 3. The summed E-state index contributed by atoms with van der Waals surface area (Å²) in [6.45, 7) is 5.78. The van der Waals surface area contributed by atoms with E-state index in [2.05, 4.69) is 17.9 Å². The minimum absolute atomic E-state index is 0.241. The number of hydrogen-bond donors (Lipinski definition) is 1. The lowest BCUT2D eigenvalue weighted by Gasteiger charge is -2.41. The van der Waals surface area contributed by atoms with E-state index >= 15 is 0 Å². The van der Waals surface area contributed by atoms with Crippen molar-refractivity contribution in [1.29, 1.82) is 0 Å². The number of benzene rings is 1. The first-order valence-corrected chi connectivity index (χ1v) is 7.64. The van der Waals surface area contributed by atoms with Crippen LogP contribution >= 0.6 is 0 Å². The standard InChI is InChI=1S/C17H25NO3/c1-4-17(16(19)20)9-11-18(12-10-17)13(2)14-7-5-6-8-15(14)21-3/h5-8,13H,4,9-12H2,1-3H3,(H,19,20). The Morgan fingerprint density at radius 1 is 1.38 bits per heavy atom. The van der Waals surface area contributed by atoms with E-state index in [1.165, 1.54) is 5.56 Å². The molecular formula is C17H25NO3. The van der Waals surface area contributed by atoms with Crippen molar-refractivity contribution in [2.24, 2.45) is 5.41 Å². The lowest BCUT2D eigenvalue weighted by atomic mass is 9.76. The van der Waals surface area contributed by atoms with Gasteiger partial charge in [0, 0.05) is 11.6 Å². The number of carboxylic acid groups (broad SMARTS) is 1. The first-order valence-electron chi connectivity index (χ1n) is 7.64. The summed E-state index contributed by atoms with van der Waals surface area (Å²) < 4.78 is 5.44. The van der Waals surface area contributed by atoms with Crippen LogP contribution in [0.25, 0.3) is 0 Å². The van der Waals surface area contributed by atoms with E-state index in [1.807, 2.05) is 25.1 Å². The van der Waals surface area contributed by atoms with Crippen molar-refractivity contribution >= 4 is 5.97 Å². The Balaban J connectivity index is 2.10. The third kappa shape index (κ3) is 3.05. The molecule has 1 aromatic rings. The highest BCUT2D eigenvalue weighted by Gasteiger charge is 2.40. The van der Waals surface area contributed by atoms with E-state index in [0.717, 1.165) is 31.7 Å². The Morgan fingerprint density at radius 2 is 2.00 bits per heavy atom. The van der Waals surface area contributed by atoms with E-state index in [0.29, 0.717) is 6.42 Å². The number of piperidine rings is 1. The molecule has 1 atom stereocenters. The first-order chi connectivity index (χ1) is 10.0. The molecule has 1 aliphatic heterocycles. The second kappa shape index (κ2) is 6.48. The highest BCUT2D eigenvalue weighted by Crippen LogP contribution is 2.39. The maximum atomic E-state index is 11.5. The Morgan fingerprint density at radius 3 is 2.52 bits per heavy atom. The molecule has 21 heavy (non-hydrogen) atoms. The molecule has 0 aliphatic carbocycles. The van der Waals surface area contributed by atoms with Gasteiger partial charge in [-0.2, -0.15) is 0 Å². The molecule has 2 rings (SSSR count). The number of ether oxygens (including phenoxy) is 1. The summed E-state index contributed by atoms with van der Waals surface area (Å²) in [5, 5.41) is 9.47. The Kier molecular flexibility index (Phi) is 4.88. The van der Waals surface area contributed by atoms with E-state index < -0.39 is 11.4 Å². The number of para-hydroxylation sites is 1. The van der Waals surface area contributed by atoms with Gasteiger partial charge in [0.25, 0.3) is 0 Å². The zero-order valence-corrected chi connectivity index (χ0v) is 13.1. The molecule has 1 aromatic carbocycles. The van der Waals surface area contributed by atoms with Crippen LogP contribution in [0.2, 0.25) is 0 Å². The largest absolute Gasteiger partial charge is 0.496 e. The minimum Gasteiger partial charge on any atom is -0.496 e. The molecule has 0 radical (unpaired) electrons. The first kappa shape index (κ1) is 15.8. The van der Waals surface area contributed by atoms with Gasteiger partial charge in [0.15, 0.2) is 0 Å². The molecule has 1 fully saturated rings. The van der Waals surface area contributed by atoms with Gasteiger partial charge in [-0.25, -0.2) is 0 Å². The molecule has 0 saturated carbocycles. The molecule has 1 heterocycles. The molecule has 4 nitrogen and oxygen atoms in total. The average molecular weight is 291 g/mol. The maximum Gasteiger partial charge on any atom is 0.309 e. The highest BCUT2D eigenvalue weighted by atomic mass is 16.5. The minimum atomic E-state index is -0.644. The summed E-state index contributed by atoms with van der Waals surface area (Å²) >= 11 is 0. The second-order valence-electron chi connectivity index (χ2n) is 5.89. The van der Waals surface area contributed by atoms with Crippen LogP contribution in [0.1, 0.15) is 44.7 Å². The van der Waals surface area contributed by atoms with Crippen LogP contribution in [0.15, 0.2) is 24.3 Å². The fourth-order valence-corrected chi connectivity index (χ4v) is 3.27. The average Bonchev–Trinajstić information content (AvgIpc) is 2.54. The second-order valence-corrected chi connectivity index (χ2v) is 5.89. The highest BCUT2D eigenvalue weighted by molar-refractivity contribution is 5.74. The molecule has 1 unspecified atom stereocenters. The SMILES string of the molecule is CCC1(C(=O)O)CCN(C(C)c2ccccc2OC)CC1. The van der Waals surface area contributed by atoms with E-state index in [9.17, 15) is 9.90 Å². The summed E-state index contributed by atoms with van der Waals surface area (Å²) in [6, 6.07) is 8.29. The Hall–Kier alpha value is -1.55. The van der Waals surface area contributed by atoms with Crippen LogP contribution in [0.3, 0.4) is 0 Å². The van der Waals surface area contributed by atoms with Gasteiger partial charge in [0.2, 0.25) is 0 Å². The third-order valence-corrected chi connectivity index (χ3v) is 5.02. The number of aliphatic carboxylic acids is 1. The van der Waals surface area contributed by atoms with Gasteiger partial charge in [0.1, 0.15) is 5.75 Å². The molecule has 1 saturated heterocycles. The van der Waals surface area contributed by atoms with Crippen molar-refractivity contribution in [1.82, 2.24) is 4.90 Å². The number of likely N-dealkylation sites (tertiary alicyclic amines) is 1. The topological polar surface area (TPSA) is 49.8 Å². The number of methoxy groups -OCH3 is 1. The van der Waals surface area contributed by atoms with Crippen LogP contribution < -0.4 is 4.74 Å². The molecular weight excluding hydrogens is 266 g/mol. The molecule has 0 amide bonds. The van der Waals surface area contributed by atoms with Crippen LogP contribution in [-0.2, 0) is 4.79 Å². The van der Waals surface area contributed by atoms with Crippen LogP contribution in [0.4, 0.5) is 0 Å². The summed E-state index contributed by atoms with van der Waals surface area (Å²) in [5.74, 6) is 0.255. The zero-order valence-electron chi connectivity index (χ0n) is 13.1. The van der Waals surface area contributed by atoms with Gasteiger partial charge in [-0.15, -0.1) is 0 Å². The van der Waals surface area contributed by atoms with Gasteiger partial charge in [-0.3, -0.25) is 9.69 Å². The van der Waals surface area contributed by atoms with Crippen molar-refractivity contribution in [2.75, 3.05) is 20.2 Å². The van der Waals surface area contributed by atoms with Crippen LogP contribution in [-0.4, -0.2) is 36.2 Å². The van der Waals surface area contributed by atoms with Gasteiger partial charge >= 0.3 is 5.97 Å². The molecule has 1 aliphatic rings. The van der Waals surface area contributed by atoms with Crippen LogP contribution in [0, 0.1) is 5.41 Å². The van der Waals surface area contributed by atoms with Gasteiger partial charge in [0.05, 0.1) is 12.5 Å². The van der Waals surface area contributed by atoms with Gasteiger partial charge in [-0.05, 0) is 45.3 Å². The van der Waals surface area contributed by atoms with Crippen molar-refractivity contribution < 1.29 is 14.6 Å². The van der Waals surface area contributed by atoms with Crippen molar-refractivity contribution in [3.05, 3.63) is 29.8 Å². The summed E-state index contributed by atoms with van der Waals surface area (Å²) in [6.07, 6.45) is 2.15. The van der Waals surface area contributed by atoms with Crippen molar-refractivity contribution in [3.8, 4) is 5.75 Å². The van der Waals surface area contributed by atoms with Gasteiger partial charge in [-0.1, -0.05) is 25.1 Å². The van der Waals surface area contributed by atoms with Gasteiger partial charge < -0.3 is 9.84 Å². The van der Waals surface area contributed by atoms with Crippen LogP contribution in [0.5, 0.6) is 5.75 Å². The Labute approximate surface area is 126 Å².